The number of aliphatic hydroxyl groups is 1. The van der Waals surface area contributed by atoms with E-state index in [0.29, 0.717) is 12.8 Å². The first kappa shape index (κ1) is 20.0. The Kier molecular flexibility index (Phi) is 5.32. The first-order valence-corrected chi connectivity index (χ1v) is 11.2. The summed E-state index contributed by atoms with van der Waals surface area (Å²) in [7, 11) is 0. The van der Waals surface area contributed by atoms with Crippen molar-refractivity contribution in [2.24, 2.45) is 0 Å². The third-order valence-electron chi connectivity index (χ3n) is 6.66. The van der Waals surface area contributed by atoms with Gasteiger partial charge in [0.05, 0.1) is 11.7 Å². The maximum Gasteiger partial charge on any atom is 0.109 e. The zero-order chi connectivity index (χ0) is 20.7. The number of pyridine rings is 1. The van der Waals surface area contributed by atoms with Gasteiger partial charge in [-0.1, -0.05) is 65.7 Å². The Morgan fingerprint density at radius 2 is 1.37 bits per heavy atom. The van der Waals surface area contributed by atoms with E-state index in [9.17, 15) is 5.11 Å². The van der Waals surface area contributed by atoms with Gasteiger partial charge in [0.1, 0.15) is 5.60 Å². The van der Waals surface area contributed by atoms with Crippen LogP contribution in [0.1, 0.15) is 48.5 Å². The normalized spacial score (nSPS) is 26.3. The molecule has 2 fully saturated rings. The fourth-order valence-electron chi connectivity index (χ4n) is 5.41. The average Bonchev–Trinajstić information content (AvgIpc) is 3.02. The molecule has 2 aliphatic heterocycles. The first-order valence-electron chi connectivity index (χ1n) is 10.5. The number of nitrogens with zero attached hydrogens (tertiary/aromatic N) is 2. The summed E-state index contributed by atoms with van der Waals surface area (Å²) in [5, 5.41) is 13.0. The predicted molar refractivity (Wildman–Crippen MR) is 121 cm³/mol. The molecule has 0 aliphatic carbocycles. The topological polar surface area (TPSA) is 36.4 Å². The molecule has 2 aliphatic rings. The standard InChI is InChI=1S/C25H24Cl2N2O/c26-21-9-3-1-7-19(21)24(20-8-2-4-10-22(20)27)29-17-12-13-18(29)16-25(30,15-17)23-11-5-6-14-28-23/h1-11,14,17-18,24,30H,12-13,15-16H2/t17-,18+,25?. The van der Waals surface area contributed by atoms with Crippen LogP contribution in [-0.4, -0.2) is 27.1 Å². The van der Waals surface area contributed by atoms with Crippen molar-refractivity contribution in [1.29, 1.82) is 0 Å². The quantitative estimate of drug-likeness (QED) is 0.542. The van der Waals surface area contributed by atoms with Crippen LogP contribution < -0.4 is 0 Å². The van der Waals surface area contributed by atoms with Crippen LogP contribution in [0, 0.1) is 0 Å². The van der Waals surface area contributed by atoms with Crippen molar-refractivity contribution < 1.29 is 5.11 Å². The number of benzene rings is 2. The van der Waals surface area contributed by atoms with E-state index in [2.05, 4.69) is 22.0 Å². The Bertz CT molecular complexity index is 983. The Morgan fingerprint density at radius 3 is 1.87 bits per heavy atom. The monoisotopic (exact) mass is 438 g/mol. The summed E-state index contributed by atoms with van der Waals surface area (Å²) in [5.74, 6) is 0. The second-order valence-electron chi connectivity index (χ2n) is 8.43. The Labute approximate surface area is 187 Å². The maximum atomic E-state index is 11.5. The zero-order valence-corrected chi connectivity index (χ0v) is 18.1. The van der Waals surface area contributed by atoms with Crippen LogP contribution >= 0.6 is 23.2 Å². The zero-order valence-electron chi connectivity index (χ0n) is 16.6. The number of aromatic nitrogens is 1. The highest BCUT2D eigenvalue weighted by Gasteiger charge is 2.51. The molecular weight excluding hydrogens is 415 g/mol. The highest BCUT2D eigenvalue weighted by molar-refractivity contribution is 6.32. The number of hydrogen-bond acceptors (Lipinski definition) is 3. The van der Waals surface area contributed by atoms with Crippen LogP contribution in [0.4, 0.5) is 0 Å². The van der Waals surface area contributed by atoms with Gasteiger partial charge >= 0.3 is 0 Å². The van der Waals surface area contributed by atoms with Gasteiger partial charge in [-0.25, -0.2) is 0 Å². The van der Waals surface area contributed by atoms with Crippen molar-refractivity contribution >= 4 is 23.2 Å². The summed E-state index contributed by atoms with van der Waals surface area (Å²) in [6.45, 7) is 0. The van der Waals surface area contributed by atoms with E-state index in [4.69, 9.17) is 23.2 Å². The lowest BCUT2D eigenvalue weighted by atomic mass is 9.81. The highest BCUT2D eigenvalue weighted by Crippen LogP contribution is 2.51. The molecule has 3 heterocycles. The van der Waals surface area contributed by atoms with Crippen LogP contribution in [0.25, 0.3) is 0 Å². The van der Waals surface area contributed by atoms with Gasteiger partial charge in [-0.3, -0.25) is 9.88 Å². The van der Waals surface area contributed by atoms with E-state index >= 15 is 0 Å². The van der Waals surface area contributed by atoms with Gasteiger partial charge in [0.15, 0.2) is 0 Å². The number of hydrogen-bond donors (Lipinski definition) is 1. The van der Waals surface area contributed by atoms with Crippen molar-refractivity contribution in [3.8, 4) is 0 Å². The van der Waals surface area contributed by atoms with Crippen molar-refractivity contribution in [2.45, 2.75) is 49.4 Å². The minimum atomic E-state index is -0.894. The van der Waals surface area contributed by atoms with Gasteiger partial charge in [0.2, 0.25) is 0 Å². The van der Waals surface area contributed by atoms with Gasteiger partial charge < -0.3 is 5.11 Å². The van der Waals surface area contributed by atoms with Crippen molar-refractivity contribution in [1.82, 2.24) is 9.88 Å². The summed E-state index contributed by atoms with van der Waals surface area (Å²) in [5.41, 5.74) is 2.00. The third-order valence-corrected chi connectivity index (χ3v) is 7.35. The minimum Gasteiger partial charge on any atom is -0.383 e. The molecule has 2 saturated heterocycles. The summed E-state index contributed by atoms with van der Waals surface area (Å²) >= 11 is 13.4. The van der Waals surface area contributed by atoms with Crippen molar-refractivity contribution in [3.63, 3.8) is 0 Å². The molecule has 2 aromatic carbocycles. The fourth-order valence-corrected chi connectivity index (χ4v) is 5.89. The van der Waals surface area contributed by atoms with Gasteiger partial charge in [0, 0.05) is 28.3 Å². The van der Waals surface area contributed by atoms with E-state index in [0.717, 1.165) is 39.7 Å². The Hall–Kier alpha value is -1.91. The second-order valence-corrected chi connectivity index (χ2v) is 9.25. The van der Waals surface area contributed by atoms with Crippen molar-refractivity contribution in [3.05, 3.63) is 99.8 Å². The predicted octanol–water partition coefficient (Wildman–Crippen LogP) is 5.99. The van der Waals surface area contributed by atoms with Crippen LogP contribution in [0.2, 0.25) is 10.0 Å². The number of rotatable bonds is 4. The number of halogens is 2. The molecule has 5 rings (SSSR count). The molecule has 0 amide bonds. The van der Waals surface area contributed by atoms with Gasteiger partial charge in [0.25, 0.3) is 0 Å². The van der Waals surface area contributed by atoms with Crippen LogP contribution in [0.15, 0.2) is 72.9 Å². The molecule has 1 aromatic heterocycles. The Balaban J connectivity index is 1.57. The molecule has 3 nitrogen and oxygen atoms in total. The average molecular weight is 439 g/mol. The molecule has 1 N–H and O–H groups in total. The molecule has 0 spiro atoms. The van der Waals surface area contributed by atoms with E-state index in [1.807, 2.05) is 54.6 Å². The van der Waals surface area contributed by atoms with E-state index in [-0.39, 0.29) is 18.1 Å². The molecule has 2 bridgehead atoms. The van der Waals surface area contributed by atoms with Gasteiger partial charge in [-0.2, -0.15) is 0 Å². The van der Waals surface area contributed by atoms with E-state index < -0.39 is 5.60 Å². The summed E-state index contributed by atoms with van der Waals surface area (Å²) < 4.78 is 0. The molecule has 30 heavy (non-hydrogen) atoms. The van der Waals surface area contributed by atoms with Crippen molar-refractivity contribution in [2.75, 3.05) is 0 Å². The summed E-state index contributed by atoms with van der Waals surface area (Å²) in [6.07, 6.45) is 5.17. The van der Waals surface area contributed by atoms with E-state index in [1.165, 1.54) is 0 Å². The Morgan fingerprint density at radius 1 is 0.833 bits per heavy atom. The maximum absolute atomic E-state index is 11.5. The lowest BCUT2D eigenvalue weighted by molar-refractivity contribution is -0.0684. The minimum absolute atomic E-state index is 0.0433. The first-order chi connectivity index (χ1) is 14.6. The lowest BCUT2D eigenvalue weighted by Crippen LogP contribution is -2.51. The van der Waals surface area contributed by atoms with Crippen LogP contribution in [0.5, 0.6) is 0 Å². The number of piperidine rings is 1. The molecule has 0 radical (unpaired) electrons. The van der Waals surface area contributed by atoms with Gasteiger partial charge in [-0.15, -0.1) is 0 Å². The molecule has 1 unspecified atom stereocenters. The molecule has 3 atom stereocenters. The van der Waals surface area contributed by atoms with Gasteiger partial charge in [-0.05, 0) is 61.1 Å². The van der Waals surface area contributed by atoms with E-state index in [1.54, 1.807) is 6.20 Å². The smallest absolute Gasteiger partial charge is 0.109 e. The largest absolute Gasteiger partial charge is 0.383 e. The highest BCUT2D eigenvalue weighted by atomic mass is 35.5. The van der Waals surface area contributed by atoms with Crippen LogP contribution in [0.3, 0.4) is 0 Å². The van der Waals surface area contributed by atoms with Crippen LogP contribution in [-0.2, 0) is 5.60 Å². The molecule has 154 valence electrons. The summed E-state index contributed by atoms with van der Waals surface area (Å²) in [4.78, 5) is 7.02. The number of fused-ring (bicyclic) bond motifs is 2. The lowest BCUT2D eigenvalue weighted by Gasteiger charge is -2.47. The molecule has 0 saturated carbocycles. The second kappa shape index (κ2) is 7.97. The fraction of sp³-hybridized carbons (Fsp3) is 0.320. The molecule has 5 heteroatoms. The third kappa shape index (κ3) is 3.44. The summed E-state index contributed by atoms with van der Waals surface area (Å²) in [6, 6.07) is 22.2. The SMILES string of the molecule is OC1(c2ccccn2)C[C@H]2CC[C@@H](C1)N2C(c1ccccc1Cl)c1ccccc1Cl. The molecule has 3 aromatic rings. The molecular formula is C25H24Cl2N2O.